The number of halogens is 1. The van der Waals surface area contributed by atoms with Gasteiger partial charge in [0.2, 0.25) is 0 Å². The molecule has 0 aromatic carbocycles. The summed E-state index contributed by atoms with van der Waals surface area (Å²) < 4.78 is 2.03. The average molecular weight is 256 g/mol. The zero-order valence-electron chi connectivity index (χ0n) is 10.8. The fourth-order valence-electron chi connectivity index (χ4n) is 2.56. The first-order chi connectivity index (χ1) is 8.26. The second-order valence-electron chi connectivity index (χ2n) is 4.74. The van der Waals surface area contributed by atoms with E-state index in [1.54, 1.807) is 0 Å². The molecule has 0 amide bonds. The van der Waals surface area contributed by atoms with Gasteiger partial charge in [-0.05, 0) is 26.2 Å². The summed E-state index contributed by atoms with van der Waals surface area (Å²) in [5.74, 6) is 0. The Labute approximate surface area is 109 Å². The molecule has 0 radical (unpaired) electrons. The van der Waals surface area contributed by atoms with Gasteiger partial charge in [-0.1, -0.05) is 31.4 Å². The molecule has 3 nitrogen and oxygen atoms in total. The largest absolute Gasteiger partial charge is 0.308 e. The summed E-state index contributed by atoms with van der Waals surface area (Å²) in [5, 5.41) is 9.00. The lowest BCUT2D eigenvalue weighted by molar-refractivity contribution is 0.498. The average Bonchev–Trinajstić information content (AvgIpc) is 2.94. The lowest BCUT2D eigenvalue weighted by atomic mass is 10.2. The first-order valence-electron chi connectivity index (χ1n) is 6.73. The maximum atomic E-state index is 6.37. The highest BCUT2D eigenvalue weighted by Crippen LogP contribution is 2.23. The van der Waals surface area contributed by atoms with Gasteiger partial charge in [0.1, 0.15) is 0 Å². The second kappa shape index (κ2) is 5.87. The van der Waals surface area contributed by atoms with E-state index in [2.05, 4.69) is 24.3 Å². The van der Waals surface area contributed by atoms with E-state index in [9.17, 15) is 0 Å². The van der Waals surface area contributed by atoms with Crippen LogP contribution in [0.2, 0.25) is 5.02 Å². The van der Waals surface area contributed by atoms with E-state index in [1.165, 1.54) is 25.7 Å². The van der Waals surface area contributed by atoms with Gasteiger partial charge in [-0.2, -0.15) is 5.10 Å². The van der Waals surface area contributed by atoms with E-state index in [0.29, 0.717) is 6.04 Å². The van der Waals surface area contributed by atoms with Crippen molar-refractivity contribution in [2.75, 3.05) is 0 Å². The van der Waals surface area contributed by atoms with E-state index in [1.807, 2.05) is 4.68 Å². The van der Waals surface area contributed by atoms with Crippen molar-refractivity contribution in [1.29, 1.82) is 0 Å². The molecule has 0 spiro atoms. The summed E-state index contributed by atoms with van der Waals surface area (Å²) in [6.45, 7) is 5.95. The first kappa shape index (κ1) is 12.9. The normalized spacial score (nSPS) is 16.9. The Morgan fingerprint density at radius 2 is 2.06 bits per heavy atom. The molecule has 2 rings (SSSR count). The summed E-state index contributed by atoms with van der Waals surface area (Å²) in [6, 6.07) is 0.677. The van der Waals surface area contributed by atoms with Gasteiger partial charge in [0.15, 0.2) is 0 Å². The highest BCUT2D eigenvalue weighted by molar-refractivity contribution is 6.31. The first-order valence-corrected chi connectivity index (χ1v) is 7.11. The van der Waals surface area contributed by atoms with E-state index in [0.717, 1.165) is 35.9 Å². The summed E-state index contributed by atoms with van der Waals surface area (Å²) >= 11 is 6.37. The molecule has 1 aromatic heterocycles. The topological polar surface area (TPSA) is 29.9 Å². The molecule has 1 heterocycles. The third-order valence-corrected chi connectivity index (χ3v) is 4.04. The Hall–Kier alpha value is -0.540. The third-order valence-electron chi connectivity index (χ3n) is 3.61. The summed E-state index contributed by atoms with van der Waals surface area (Å²) in [4.78, 5) is 0. The van der Waals surface area contributed by atoms with Gasteiger partial charge in [-0.15, -0.1) is 0 Å². The van der Waals surface area contributed by atoms with Crippen molar-refractivity contribution in [2.24, 2.45) is 0 Å². The summed E-state index contributed by atoms with van der Waals surface area (Å²) in [7, 11) is 0. The van der Waals surface area contributed by atoms with Crippen molar-refractivity contribution in [3.05, 3.63) is 16.4 Å². The van der Waals surface area contributed by atoms with Crippen LogP contribution in [0.25, 0.3) is 0 Å². The quantitative estimate of drug-likeness (QED) is 0.876. The number of nitrogens with zero attached hydrogens (tertiary/aromatic N) is 2. The number of hydrogen-bond acceptors (Lipinski definition) is 2. The molecule has 0 bridgehead atoms. The Morgan fingerprint density at radius 3 is 2.65 bits per heavy atom. The van der Waals surface area contributed by atoms with Crippen LogP contribution in [0.15, 0.2) is 0 Å². The van der Waals surface area contributed by atoms with Crippen LogP contribution in [0.3, 0.4) is 0 Å². The molecule has 1 aliphatic rings. The van der Waals surface area contributed by atoms with Gasteiger partial charge in [0.25, 0.3) is 0 Å². The molecule has 0 aliphatic heterocycles. The van der Waals surface area contributed by atoms with Gasteiger partial charge >= 0.3 is 0 Å². The number of rotatable bonds is 5. The smallest absolute Gasteiger partial charge is 0.0863 e. The number of aryl methyl sites for hydroxylation is 2. The van der Waals surface area contributed by atoms with Crippen molar-refractivity contribution in [3.63, 3.8) is 0 Å². The zero-order valence-corrected chi connectivity index (χ0v) is 11.6. The molecule has 1 aromatic rings. The molecule has 1 N–H and O–H groups in total. The Bertz CT molecular complexity index is 367. The molecular formula is C13H22ClN3. The highest BCUT2D eigenvalue weighted by Gasteiger charge is 2.18. The molecule has 1 fully saturated rings. The molecule has 1 aliphatic carbocycles. The Morgan fingerprint density at radius 1 is 1.35 bits per heavy atom. The van der Waals surface area contributed by atoms with Crippen molar-refractivity contribution in [2.45, 2.75) is 65.1 Å². The lowest BCUT2D eigenvalue weighted by Crippen LogP contribution is -2.26. The van der Waals surface area contributed by atoms with Crippen LogP contribution in [0.5, 0.6) is 0 Å². The SMILES string of the molecule is CCc1nn(CC)c(CNC2CCCC2)c1Cl. The molecular weight excluding hydrogens is 234 g/mol. The molecule has 0 saturated heterocycles. The van der Waals surface area contributed by atoms with Crippen LogP contribution in [0.4, 0.5) is 0 Å². The fourth-order valence-corrected chi connectivity index (χ4v) is 2.89. The summed E-state index contributed by atoms with van der Waals surface area (Å²) in [5.41, 5.74) is 2.18. The van der Waals surface area contributed by atoms with Gasteiger partial charge in [0, 0.05) is 19.1 Å². The lowest BCUT2D eigenvalue weighted by Gasteiger charge is -2.12. The van der Waals surface area contributed by atoms with Crippen molar-refractivity contribution in [3.8, 4) is 0 Å². The number of nitrogens with one attached hydrogen (secondary N) is 1. The van der Waals surface area contributed by atoms with Crippen molar-refractivity contribution < 1.29 is 0 Å². The monoisotopic (exact) mass is 255 g/mol. The standard InChI is InChI=1S/C13H22ClN3/c1-3-11-13(14)12(17(4-2)16-11)9-15-10-7-5-6-8-10/h10,15H,3-9H2,1-2H3. The van der Waals surface area contributed by atoms with Gasteiger partial charge in [-0.25, -0.2) is 0 Å². The van der Waals surface area contributed by atoms with Crippen LogP contribution < -0.4 is 5.32 Å². The Balaban J connectivity index is 2.05. The minimum atomic E-state index is 0.677. The fraction of sp³-hybridized carbons (Fsp3) is 0.769. The number of hydrogen-bond donors (Lipinski definition) is 1. The molecule has 0 unspecified atom stereocenters. The predicted molar refractivity (Wildman–Crippen MR) is 71.4 cm³/mol. The number of aromatic nitrogens is 2. The van der Waals surface area contributed by atoms with Crippen molar-refractivity contribution >= 4 is 11.6 Å². The third kappa shape index (κ3) is 2.83. The van der Waals surface area contributed by atoms with Crippen LogP contribution in [-0.4, -0.2) is 15.8 Å². The molecule has 1 saturated carbocycles. The van der Waals surface area contributed by atoms with Gasteiger partial charge < -0.3 is 5.32 Å². The Kier molecular flexibility index (Phi) is 4.46. The van der Waals surface area contributed by atoms with Crippen molar-refractivity contribution in [1.82, 2.24) is 15.1 Å². The van der Waals surface area contributed by atoms with E-state index in [4.69, 9.17) is 11.6 Å². The maximum Gasteiger partial charge on any atom is 0.0863 e. The minimum absolute atomic E-state index is 0.677. The maximum absolute atomic E-state index is 6.37. The van der Waals surface area contributed by atoms with Crippen LogP contribution in [-0.2, 0) is 19.5 Å². The zero-order chi connectivity index (χ0) is 12.3. The molecule has 96 valence electrons. The van der Waals surface area contributed by atoms with Crippen LogP contribution >= 0.6 is 11.6 Å². The van der Waals surface area contributed by atoms with E-state index in [-0.39, 0.29) is 0 Å². The molecule has 17 heavy (non-hydrogen) atoms. The van der Waals surface area contributed by atoms with Crippen LogP contribution in [0, 0.1) is 0 Å². The van der Waals surface area contributed by atoms with Crippen LogP contribution in [0.1, 0.15) is 50.9 Å². The van der Waals surface area contributed by atoms with E-state index < -0.39 is 0 Å². The molecule has 4 heteroatoms. The summed E-state index contributed by atoms with van der Waals surface area (Å²) in [6.07, 6.45) is 6.23. The predicted octanol–water partition coefficient (Wildman–Crippen LogP) is 3.15. The highest BCUT2D eigenvalue weighted by atomic mass is 35.5. The molecule has 0 atom stereocenters. The second-order valence-corrected chi connectivity index (χ2v) is 5.12. The van der Waals surface area contributed by atoms with Gasteiger partial charge in [-0.3, -0.25) is 4.68 Å². The van der Waals surface area contributed by atoms with Gasteiger partial charge in [0.05, 0.1) is 16.4 Å². The van der Waals surface area contributed by atoms with E-state index >= 15 is 0 Å². The minimum Gasteiger partial charge on any atom is -0.308 e.